The second-order valence-electron chi connectivity index (χ2n) is 4.16. The molecule has 0 amide bonds. The average molecular weight is 385 g/mol. The van der Waals surface area contributed by atoms with Crippen LogP contribution in [0.25, 0.3) is 11.0 Å². The molecule has 19 heavy (non-hydrogen) atoms. The number of aromatic nitrogens is 3. The van der Waals surface area contributed by atoms with Crippen LogP contribution in [0.2, 0.25) is 0 Å². The number of fused-ring (bicyclic) bond motifs is 1. The third kappa shape index (κ3) is 2.42. The van der Waals surface area contributed by atoms with Crippen LogP contribution in [0.15, 0.2) is 36.7 Å². The van der Waals surface area contributed by atoms with Crippen LogP contribution >= 0.6 is 34.8 Å². The van der Waals surface area contributed by atoms with Crippen LogP contribution in [-0.2, 0) is 6.54 Å². The first-order valence-electron chi connectivity index (χ1n) is 5.61. The summed E-state index contributed by atoms with van der Waals surface area (Å²) in [4.78, 5) is 7.18. The molecule has 0 unspecified atom stereocenters. The summed E-state index contributed by atoms with van der Waals surface area (Å²) in [6, 6.07) is 7.12. The monoisotopic (exact) mass is 385 g/mol. The molecule has 0 bridgehead atoms. The van der Waals surface area contributed by atoms with Crippen molar-refractivity contribution in [2.24, 2.45) is 0 Å². The zero-order valence-electron chi connectivity index (χ0n) is 9.73. The van der Waals surface area contributed by atoms with Crippen LogP contribution in [0.5, 0.6) is 0 Å². The Labute approximate surface area is 127 Å². The fourth-order valence-corrected chi connectivity index (χ4v) is 2.72. The number of benzene rings is 1. The number of H-pyrrole nitrogens is 1. The molecule has 2 heterocycles. The van der Waals surface area contributed by atoms with Crippen LogP contribution in [0.1, 0.15) is 5.56 Å². The van der Waals surface area contributed by atoms with Crippen molar-refractivity contribution in [1.82, 2.24) is 14.5 Å². The summed E-state index contributed by atoms with van der Waals surface area (Å²) in [6.07, 6.45) is 3.50. The summed E-state index contributed by atoms with van der Waals surface area (Å²) in [6.45, 7) is 0.576. The third-order valence-electron chi connectivity index (χ3n) is 2.88. The lowest BCUT2D eigenvalue weighted by molar-refractivity contribution is 0.621. The summed E-state index contributed by atoms with van der Waals surface area (Å²) < 4.78 is 16.7. The number of hydrogen-bond donors (Lipinski definition) is 1. The topological polar surface area (TPSA) is 33.6 Å². The van der Waals surface area contributed by atoms with E-state index in [1.807, 2.05) is 39.3 Å². The minimum absolute atomic E-state index is 0.234. The van der Waals surface area contributed by atoms with Gasteiger partial charge in [-0.05, 0) is 52.5 Å². The molecule has 0 aliphatic carbocycles. The van der Waals surface area contributed by atoms with Gasteiger partial charge in [-0.1, -0.05) is 6.07 Å². The van der Waals surface area contributed by atoms with Crippen molar-refractivity contribution in [2.45, 2.75) is 6.54 Å². The van der Waals surface area contributed by atoms with E-state index in [1.165, 1.54) is 6.07 Å². The number of nitrogens with one attached hydrogen (secondary N) is 1. The van der Waals surface area contributed by atoms with E-state index in [1.54, 1.807) is 18.5 Å². The first-order chi connectivity index (χ1) is 9.15. The van der Waals surface area contributed by atoms with Gasteiger partial charge < -0.3 is 9.55 Å². The Morgan fingerprint density at radius 2 is 2.26 bits per heavy atom. The number of pyridine rings is 1. The molecular formula is C13H9FIN3S. The van der Waals surface area contributed by atoms with Gasteiger partial charge in [-0.3, -0.25) is 4.98 Å². The normalized spacial score (nSPS) is 11.1. The van der Waals surface area contributed by atoms with Crippen molar-refractivity contribution in [3.8, 4) is 0 Å². The molecule has 6 heteroatoms. The van der Waals surface area contributed by atoms with E-state index in [0.717, 1.165) is 16.6 Å². The zero-order valence-corrected chi connectivity index (χ0v) is 12.7. The van der Waals surface area contributed by atoms with Gasteiger partial charge in [-0.2, -0.15) is 0 Å². The summed E-state index contributed by atoms with van der Waals surface area (Å²) in [7, 11) is 0. The maximum atomic E-state index is 13.7. The number of nitrogens with zero attached hydrogens (tertiary/aromatic N) is 2. The molecule has 2 aromatic heterocycles. The van der Waals surface area contributed by atoms with Crippen LogP contribution in [0.4, 0.5) is 4.39 Å². The van der Waals surface area contributed by atoms with E-state index < -0.39 is 0 Å². The predicted octanol–water partition coefficient (Wildman–Crippen LogP) is 3.89. The molecule has 0 spiro atoms. The van der Waals surface area contributed by atoms with Crippen molar-refractivity contribution in [1.29, 1.82) is 0 Å². The maximum Gasteiger partial charge on any atom is 0.178 e. The van der Waals surface area contributed by atoms with Crippen LogP contribution < -0.4 is 0 Å². The Morgan fingerprint density at radius 1 is 1.42 bits per heavy atom. The predicted molar refractivity (Wildman–Crippen MR) is 83.1 cm³/mol. The summed E-state index contributed by atoms with van der Waals surface area (Å²) in [5, 5.41) is 0. The molecule has 0 aliphatic rings. The highest BCUT2D eigenvalue weighted by Crippen LogP contribution is 2.21. The number of aromatic amines is 1. The molecule has 3 nitrogen and oxygen atoms in total. The maximum absolute atomic E-state index is 13.7. The van der Waals surface area contributed by atoms with Gasteiger partial charge in [0.25, 0.3) is 0 Å². The van der Waals surface area contributed by atoms with Crippen molar-refractivity contribution in [2.75, 3.05) is 0 Å². The second-order valence-corrected chi connectivity index (χ2v) is 5.71. The molecule has 0 atom stereocenters. The molecule has 0 radical (unpaired) electrons. The van der Waals surface area contributed by atoms with Gasteiger partial charge in [0.05, 0.1) is 21.1 Å². The molecule has 3 aromatic rings. The minimum Gasteiger partial charge on any atom is -0.331 e. The van der Waals surface area contributed by atoms with Crippen molar-refractivity contribution < 1.29 is 4.39 Å². The SMILES string of the molecule is Fc1cc2c(cc1I)[nH]c(=S)n2Cc1cccnc1. The van der Waals surface area contributed by atoms with E-state index in [9.17, 15) is 4.39 Å². The van der Waals surface area contributed by atoms with Gasteiger partial charge in [0.2, 0.25) is 0 Å². The van der Waals surface area contributed by atoms with E-state index in [0.29, 0.717) is 14.9 Å². The van der Waals surface area contributed by atoms with E-state index in [4.69, 9.17) is 12.2 Å². The van der Waals surface area contributed by atoms with E-state index >= 15 is 0 Å². The van der Waals surface area contributed by atoms with E-state index in [-0.39, 0.29) is 5.82 Å². The molecular weight excluding hydrogens is 376 g/mol. The van der Waals surface area contributed by atoms with Gasteiger partial charge >= 0.3 is 0 Å². The molecule has 0 saturated heterocycles. The fraction of sp³-hybridized carbons (Fsp3) is 0.0769. The van der Waals surface area contributed by atoms with Crippen LogP contribution in [0, 0.1) is 14.2 Å². The first-order valence-corrected chi connectivity index (χ1v) is 7.10. The Morgan fingerprint density at radius 3 is 3.00 bits per heavy atom. The summed E-state index contributed by atoms with van der Waals surface area (Å²) in [5.74, 6) is -0.234. The third-order valence-corrected chi connectivity index (χ3v) is 4.03. The Balaban J connectivity index is 2.16. The smallest absolute Gasteiger partial charge is 0.178 e. The van der Waals surface area contributed by atoms with Gasteiger partial charge in [-0.25, -0.2) is 4.39 Å². The Hall–Kier alpha value is -1.28. The summed E-state index contributed by atoms with van der Waals surface area (Å²) in [5.41, 5.74) is 2.64. The van der Waals surface area contributed by atoms with Gasteiger partial charge in [0, 0.05) is 18.5 Å². The van der Waals surface area contributed by atoms with E-state index in [2.05, 4.69) is 9.97 Å². The first kappa shape index (κ1) is 12.7. The lowest BCUT2D eigenvalue weighted by atomic mass is 10.2. The van der Waals surface area contributed by atoms with Gasteiger partial charge in [-0.15, -0.1) is 0 Å². The van der Waals surface area contributed by atoms with Crippen molar-refractivity contribution in [3.63, 3.8) is 0 Å². The quantitative estimate of drug-likeness (QED) is 0.537. The molecule has 0 fully saturated rings. The average Bonchev–Trinajstić information content (AvgIpc) is 2.68. The molecule has 1 aromatic carbocycles. The number of imidazole rings is 1. The minimum atomic E-state index is -0.234. The van der Waals surface area contributed by atoms with Gasteiger partial charge in [0.15, 0.2) is 4.77 Å². The number of rotatable bonds is 2. The lowest BCUT2D eigenvalue weighted by Gasteiger charge is -2.04. The largest absolute Gasteiger partial charge is 0.331 e. The lowest BCUT2D eigenvalue weighted by Crippen LogP contribution is -2.00. The standard InChI is InChI=1S/C13H9FIN3S/c14-9-4-12-11(5-10(9)15)17-13(19)18(12)7-8-2-1-3-16-6-8/h1-6H,7H2,(H,17,19). The zero-order chi connectivity index (χ0) is 13.4. The van der Waals surface area contributed by atoms with Crippen molar-refractivity contribution >= 4 is 45.8 Å². The number of hydrogen-bond acceptors (Lipinski definition) is 2. The number of halogens is 2. The molecule has 1 N–H and O–H groups in total. The molecule has 96 valence electrons. The highest BCUT2D eigenvalue weighted by Gasteiger charge is 2.09. The van der Waals surface area contributed by atoms with Crippen LogP contribution in [0.3, 0.4) is 0 Å². The van der Waals surface area contributed by atoms with Gasteiger partial charge in [0.1, 0.15) is 5.82 Å². The summed E-state index contributed by atoms with van der Waals surface area (Å²) >= 11 is 7.27. The molecule has 0 saturated carbocycles. The van der Waals surface area contributed by atoms with Crippen molar-refractivity contribution in [3.05, 3.63) is 56.4 Å². The highest BCUT2D eigenvalue weighted by atomic mass is 127. The fourth-order valence-electron chi connectivity index (χ4n) is 1.98. The Bertz CT molecular complexity index is 795. The second kappa shape index (κ2) is 5.01. The van der Waals surface area contributed by atoms with Crippen LogP contribution in [-0.4, -0.2) is 14.5 Å². The highest BCUT2D eigenvalue weighted by molar-refractivity contribution is 14.1. The Kier molecular flexibility index (Phi) is 3.36. The molecule has 3 rings (SSSR count). The molecule has 0 aliphatic heterocycles.